The Balaban J connectivity index is 1.29. The van der Waals surface area contributed by atoms with Crippen molar-refractivity contribution in [2.75, 3.05) is 23.0 Å². The molecule has 0 unspecified atom stereocenters. The predicted molar refractivity (Wildman–Crippen MR) is 128 cm³/mol. The quantitative estimate of drug-likeness (QED) is 0.358. The van der Waals surface area contributed by atoms with Crippen LogP contribution >= 0.6 is 0 Å². The van der Waals surface area contributed by atoms with Gasteiger partial charge in [-0.3, -0.25) is 19.2 Å². The number of fused-ring (bicyclic) bond motifs is 1. The maximum Gasteiger partial charge on any atom is 0.316 e. The maximum absolute atomic E-state index is 12.9. The van der Waals surface area contributed by atoms with Gasteiger partial charge in [-0.05, 0) is 44.0 Å². The Hall–Kier alpha value is -3.68. The van der Waals surface area contributed by atoms with Crippen LogP contribution in [0.3, 0.4) is 0 Å². The Morgan fingerprint density at radius 3 is 2.40 bits per heavy atom. The van der Waals surface area contributed by atoms with E-state index in [2.05, 4.69) is 0 Å². The van der Waals surface area contributed by atoms with Gasteiger partial charge in [0.2, 0.25) is 17.7 Å². The second-order valence-corrected chi connectivity index (χ2v) is 9.23. The number of carbonyl (C=O) groups excluding carboxylic acids is 4. The van der Waals surface area contributed by atoms with Gasteiger partial charge in [0, 0.05) is 19.0 Å². The SMILES string of the molecule is CCOc1ccccc1N1C[C@@H](C(=O)Oc2cccc(N3C(=O)[C@H]4CCCC[C@H]4C3=O)c2)CC1=O. The molecule has 3 atom stereocenters. The lowest BCUT2D eigenvalue weighted by Crippen LogP contribution is -2.31. The van der Waals surface area contributed by atoms with Crippen molar-refractivity contribution in [3.8, 4) is 11.5 Å². The number of imide groups is 1. The molecule has 2 heterocycles. The van der Waals surface area contributed by atoms with Crippen molar-refractivity contribution in [3.05, 3.63) is 48.5 Å². The minimum atomic E-state index is -0.640. The summed E-state index contributed by atoms with van der Waals surface area (Å²) in [6.45, 7) is 2.52. The monoisotopic (exact) mass is 476 g/mol. The fraction of sp³-hybridized carbons (Fsp3) is 0.407. The van der Waals surface area contributed by atoms with Crippen LogP contribution in [0.15, 0.2) is 48.5 Å². The Kier molecular flexibility index (Phi) is 6.28. The van der Waals surface area contributed by atoms with Gasteiger partial charge in [0.05, 0.1) is 35.7 Å². The van der Waals surface area contributed by atoms with Crippen molar-refractivity contribution in [2.45, 2.75) is 39.0 Å². The third-order valence-electron chi connectivity index (χ3n) is 7.05. The lowest BCUT2D eigenvalue weighted by Gasteiger charge is -2.20. The zero-order valence-electron chi connectivity index (χ0n) is 19.6. The van der Waals surface area contributed by atoms with Crippen molar-refractivity contribution >= 4 is 35.1 Å². The van der Waals surface area contributed by atoms with E-state index < -0.39 is 11.9 Å². The fourth-order valence-corrected chi connectivity index (χ4v) is 5.36. The van der Waals surface area contributed by atoms with Crippen molar-refractivity contribution < 1.29 is 28.7 Å². The third-order valence-corrected chi connectivity index (χ3v) is 7.05. The van der Waals surface area contributed by atoms with Crippen LogP contribution in [-0.2, 0) is 19.2 Å². The maximum atomic E-state index is 12.9. The number of anilines is 2. The van der Waals surface area contributed by atoms with E-state index in [0.29, 0.717) is 23.7 Å². The van der Waals surface area contributed by atoms with E-state index in [1.165, 1.54) is 4.90 Å². The molecule has 3 amide bonds. The summed E-state index contributed by atoms with van der Waals surface area (Å²) in [5.74, 6) is -1.37. The molecule has 0 aromatic heterocycles. The van der Waals surface area contributed by atoms with Crippen LogP contribution in [0.2, 0.25) is 0 Å². The van der Waals surface area contributed by atoms with E-state index in [4.69, 9.17) is 9.47 Å². The molecule has 1 aliphatic carbocycles. The highest BCUT2D eigenvalue weighted by molar-refractivity contribution is 6.22. The van der Waals surface area contributed by atoms with Crippen LogP contribution in [0, 0.1) is 17.8 Å². The molecular formula is C27H28N2O6. The van der Waals surface area contributed by atoms with E-state index in [9.17, 15) is 19.2 Å². The van der Waals surface area contributed by atoms with Crippen LogP contribution in [0.25, 0.3) is 0 Å². The molecule has 3 fully saturated rings. The van der Waals surface area contributed by atoms with Crippen molar-refractivity contribution in [3.63, 3.8) is 0 Å². The first-order valence-corrected chi connectivity index (χ1v) is 12.2. The van der Waals surface area contributed by atoms with E-state index in [1.807, 2.05) is 19.1 Å². The number of esters is 1. The van der Waals surface area contributed by atoms with Crippen LogP contribution in [0.1, 0.15) is 39.0 Å². The largest absolute Gasteiger partial charge is 0.492 e. The predicted octanol–water partition coefficient (Wildman–Crippen LogP) is 3.72. The van der Waals surface area contributed by atoms with Crippen molar-refractivity contribution in [2.24, 2.45) is 17.8 Å². The van der Waals surface area contributed by atoms with Gasteiger partial charge in [-0.15, -0.1) is 0 Å². The standard InChI is InChI=1S/C27H28N2O6/c1-2-34-23-13-6-5-12-22(23)28-16-17(14-24(28)30)27(33)35-19-9-7-8-18(15-19)29-25(31)20-10-3-4-11-21(20)26(29)32/h5-9,12-13,15,17,20-21H,2-4,10-11,14,16H2,1H3/t17-,20-,21+/m0/s1. The summed E-state index contributed by atoms with van der Waals surface area (Å²) in [4.78, 5) is 54.3. The summed E-state index contributed by atoms with van der Waals surface area (Å²) in [6.07, 6.45) is 3.42. The number of benzene rings is 2. The number of para-hydroxylation sites is 2. The molecule has 35 heavy (non-hydrogen) atoms. The second kappa shape index (κ2) is 9.52. The van der Waals surface area contributed by atoms with Gasteiger partial charge in [-0.25, -0.2) is 4.90 Å². The van der Waals surface area contributed by atoms with Crippen LogP contribution < -0.4 is 19.3 Å². The Labute approximate surface area is 203 Å². The molecule has 0 bridgehead atoms. The highest BCUT2D eigenvalue weighted by Crippen LogP contribution is 2.41. The van der Waals surface area contributed by atoms with Crippen LogP contribution in [0.5, 0.6) is 11.5 Å². The van der Waals surface area contributed by atoms with E-state index in [-0.39, 0.29) is 48.3 Å². The topological polar surface area (TPSA) is 93.2 Å². The Bertz CT molecular complexity index is 1150. The molecule has 0 N–H and O–H groups in total. The normalized spacial score (nSPS) is 24.0. The first-order valence-electron chi connectivity index (χ1n) is 12.2. The number of carbonyl (C=O) groups is 4. The summed E-state index contributed by atoms with van der Waals surface area (Å²) >= 11 is 0. The second-order valence-electron chi connectivity index (χ2n) is 9.23. The van der Waals surface area contributed by atoms with Gasteiger partial charge in [-0.2, -0.15) is 0 Å². The van der Waals surface area contributed by atoms with Gasteiger partial charge < -0.3 is 14.4 Å². The molecule has 2 aromatic carbocycles. The number of nitrogens with zero attached hydrogens (tertiary/aromatic N) is 2. The van der Waals surface area contributed by atoms with Gasteiger partial charge in [-0.1, -0.05) is 31.0 Å². The van der Waals surface area contributed by atoms with E-state index >= 15 is 0 Å². The molecule has 8 heteroatoms. The molecular weight excluding hydrogens is 448 g/mol. The van der Waals surface area contributed by atoms with E-state index in [0.717, 1.165) is 25.7 Å². The molecule has 182 valence electrons. The first kappa shape index (κ1) is 23.1. The molecule has 3 aliphatic rings. The summed E-state index contributed by atoms with van der Waals surface area (Å²) in [6, 6.07) is 13.7. The first-order chi connectivity index (χ1) is 17.0. The van der Waals surface area contributed by atoms with Crippen LogP contribution in [-0.4, -0.2) is 36.8 Å². The number of rotatable bonds is 6. The zero-order chi connectivity index (χ0) is 24.5. The average Bonchev–Trinajstić information content (AvgIpc) is 3.37. The van der Waals surface area contributed by atoms with Crippen LogP contribution in [0.4, 0.5) is 11.4 Å². The number of ether oxygens (including phenoxy) is 2. The average molecular weight is 477 g/mol. The minimum absolute atomic E-state index is 0.0332. The molecule has 8 nitrogen and oxygen atoms in total. The summed E-state index contributed by atoms with van der Waals surface area (Å²) < 4.78 is 11.2. The molecule has 0 spiro atoms. The highest BCUT2D eigenvalue weighted by Gasteiger charge is 2.48. The van der Waals surface area contributed by atoms with Gasteiger partial charge in [0.15, 0.2) is 0 Å². The minimum Gasteiger partial charge on any atom is -0.492 e. The summed E-state index contributed by atoms with van der Waals surface area (Å²) in [5.41, 5.74) is 1.04. The molecule has 0 radical (unpaired) electrons. The van der Waals surface area contributed by atoms with Gasteiger partial charge in [0.25, 0.3) is 0 Å². The summed E-state index contributed by atoms with van der Waals surface area (Å²) in [5, 5.41) is 0. The highest BCUT2D eigenvalue weighted by atomic mass is 16.5. The molecule has 2 aliphatic heterocycles. The third kappa shape index (κ3) is 4.29. The Morgan fingerprint density at radius 2 is 1.69 bits per heavy atom. The Morgan fingerprint density at radius 1 is 0.971 bits per heavy atom. The molecule has 2 aromatic rings. The molecule has 1 saturated carbocycles. The summed E-state index contributed by atoms with van der Waals surface area (Å²) in [7, 11) is 0. The van der Waals surface area contributed by atoms with E-state index in [1.54, 1.807) is 41.3 Å². The fourth-order valence-electron chi connectivity index (χ4n) is 5.36. The van der Waals surface area contributed by atoms with Crippen molar-refractivity contribution in [1.82, 2.24) is 0 Å². The van der Waals surface area contributed by atoms with Gasteiger partial charge in [0.1, 0.15) is 11.5 Å². The molecule has 2 saturated heterocycles. The lowest BCUT2D eigenvalue weighted by molar-refractivity contribution is -0.139. The zero-order valence-corrected chi connectivity index (χ0v) is 19.6. The number of hydrogen-bond acceptors (Lipinski definition) is 6. The lowest BCUT2D eigenvalue weighted by atomic mass is 9.81. The van der Waals surface area contributed by atoms with Gasteiger partial charge >= 0.3 is 5.97 Å². The smallest absolute Gasteiger partial charge is 0.316 e. The number of amides is 3. The van der Waals surface area contributed by atoms with Crippen molar-refractivity contribution in [1.29, 1.82) is 0 Å². The number of hydrogen-bond donors (Lipinski definition) is 0. The molecule has 5 rings (SSSR count).